The maximum atomic E-state index is 10.7. The summed E-state index contributed by atoms with van der Waals surface area (Å²) >= 11 is 0. The number of esters is 1. The van der Waals surface area contributed by atoms with Crippen LogP contribution >= 0.6 is 0 Å². The number of hydrogen-bond donors (Lipinski definition) is 0. The lowest BCUT2D eigenvalue weighted by Gasteiger charge is -2.09. The van der Waals surface area contributed by atoms with E-state index in [9.17, 15) is 9.59 Å². The average Bonchev–Trinajstić information content (AvgIpc) is 2.25. The molecule has 3 nitrogen and oxygen atoms in total. The molecule has 1 aromatic carbocycles. The van der Waals surface area contributed by atoms with Crippen LogP contribution in [0, 0.1) is 0 Å². The van der Waals surface area contributed by atoms with Crippen LogP contribution in [-0.4, -0.2) is 18.9 Å². The molecule has 1 radical (unpaired) electrons. The van der Waals surface area contributed by atoms with E-state index in [0.29, 0.717) is 6.42 Å². The Morgan fingerprint density at radius 3 is 2.60 bits per heavy atom. The number of hydrogen-bond acceptors (Lipinski definition) is 3. The van der Waals surface area contributed by atoms with Crippen molar-refractivity contribution in [3.05, 3.63) is 35.9 Å². The third-order valence-corrected chi connectivity index (χ3v) is 2.06. The first kappa shape index (κ1) is 11.4. The molecular formula is C12H13O3. The van der Waals surface area contributed by atoms with Gasteiger partial charge in [-0.05, 0) is 12.0 Å². The second-order valence-corrected chi connectivity index (χ2v) is 3.21. The second-order valence-electron chi connectivity index (χ2n) is 3.21. The van der Waals surface area contributed by atoms with Crippen LogP contribution in [0.5, 0.6) is 0 Å². The van der Waals surface area contributed by atoms with Gasteiger partial charge in [-0.1, -0.05) is 30.3 Å². The van der Waals surface area contributed by atoms with Gasteiger partial charge in [0.05, 0.1) is 12.5 Å². The minimum atomic E-state index is -0.326. The van der Waals surface area contributed by atoms with Gasteiger partial charge in [0.25, 0.3) is 0 Å². The molecule has 0 saturated carbocycles. The molecule has 0 heterocycles. The Morgan fingerprint density at radius 2 is 2.07 bits per heavy atom. The van der Waals surface area contributed by atoms with Crippen LogP contribution in [0.3, 0.4) is 0 Å². The fourth-order valence-electron chi connectivity index (χ4n) is 1.30. The highest BCUT2D eigenvalue weighted by atomic mass is 16.5. The fraction of sp³-hybridized carbons (Fsp3) is 0.333. The van der Waals surface area contributed by atoms with Crippen LogP contribution < -0.4 is 0 Å². The molecule has 1 rings (SSSR count). The van der Waals surface area contributed by atoms with E-state index in [-0.39, 0.29) is 18.5 Å². The Bertz CT molecular complexity index is 319. The molecule has 0 aliphatic heterocycles. The number of rotatable bonds is 5. The summed E-state index contributed by atoms with van der Waals surface area (Å²) in [7, 11) is 0. The molecule has 79 valence electrons. The molecule has 0 spiro atoms. The van der Waals surface area contributed by atoms with Crippen molar-refractivity contribution >= 4 is 12.3 Å². The zero-order valence-electron chi connectivity index (χ0n) is 8.60. The predicted molar refractivity (Wildman–Crippen MR) is 56.1 cm³/mol. The maximum Gasteiger partial charge on any atom is 0.302 e. The summed E-state index contributed by atoms with van der Waals surface area (Å²) in [6, 6.07) is 9.35. The Kier molecular flexibility index (Phi) is 4.54. The van der Waals surface area contributed by atoms with Gasteiger partial charge in [0, 0.05) is 6.92 Å². The molecule has 0 bridgehead atoms. The molecule has 1 atom stereocenters. The first-order valence-corrected chi connectivity index (χ1v) is 4.80. The van der Waals surface area contributed by atoms with Crippen LogP contribution in [0.2, 0.25) is 0 Å². The Labute approximate surface area is 89.1 Å². The molecule has 3 heteroatoms. The molecule has 0 aliphatic carbocycles. The average molecular weight is 205 g/mol. The minimum Gasteiger partial charge on any atom is -0.466 e. The second kappa shape index (κ2) is 5.96. The van der Waals surface area contributed by atoms with Crippen LogP contribution in [0.4, 0.5) is 0 Å². The van der Waals surface area contributed by atoms with E-state index in [2.05, 4.69) is 0 Å². The smallest absolute Gasteiger partial charge is 0.302 e. The van der Waals surface area contributed by atoms with Gasteiger partial charge in [0.2, 0.25) is 6.29 Å². The minimum absolute atomic E-state index is 0.254. The SMILES string of the molecule is CC(=O)OCCC([C]=O)c1ccccc1. The van der Waals surface area contributed by atoms with Crippen molar-refractivity contribution in [3.63, 3.8) is 0 Å². The Balaban J connectivity index is 2.50. The summed E-state index contributed by atoms with van der Waals surface area (Å²) in [5.74, 6) is -0.640. The molecule has 0 aliphatic rings. The van der Waals surface area contributed by atoms with Crippen molar-refractivity contribution < 1.29 is 14.3 Å². The Morgan fingerprint density at radius 1 is 1.40 bits per heavy atom. The first-order chi connectivity index (χ1) is 7.24. The molecule has 0 N–H and O–H groups in total. The van der Waals surface area contributed by atoms with Crippen molar-refractivity contribution in [2.45, 2.75) is 19.3 Å². The normalized spacial score (nSPS) is 11.8. The zero-order chi connectivity index (χ0) is 11.1. The predicted octanol–water partition coefficient (Wildman–Crippen LogP) is 1.83. The van der Waals surface area contributed by atoms with Crippen molar-refractivity contribution in [3.8, 4) is 0 Å². The summed E-state index contributed by atoms with van der Waals surface area (Å²) in [5.41, 5.74) is 0.902. The van der Waals surface area contributed by atoms with Crippen molar-refractivity contribution in [2.24, 2.45) is 0 Å². The van der Waals surface area contributed by atoms with Gasteiger partial charge in [0.15, 0.2) is 0 Å². The first-order valence-electron chi connectivity index (χ1n) is 4.80. The van der Waals surface area contributed by atoms with Crippen LogP contribution in [-0.2, 0) is 14.3 Å². The maximum absolute atomic E-state index is 10.7. The van der Waals surface area contributed by atoms with Crippen LogP contribution in [0.1, 0.15) is 24.8 Å². The highest BCUT2D eigenvalue weighted by molar-refractivity contribution is 5.66. The van der Waals surface area contributed by atoms with Crippen molar-refractivity contribution in [2.75, 3.05) is 6.61 Å². The third kappa shape index (κ3) is 3.94. The quantitative estimate of drug-likeness (QED) is 0.689. The van der Waals surface area contributed by atoms with Gasteiger partial charge in [0.1, 0.15) is 0 Å². The summed E-state index contributed by atoms with van der Waals surface area (Å²) in [6.45, 7) is 1.60. The number of ether oxygens (including phenoxy) is 1. The van der Waals surface area contributed by atoms with E-state index in [4.69, 9.17) is 4.74 Å². The van der Waals surface area contributed by atoms with Gasteiger partial charge in [-0.3, -0.25) is 9.59 Å². The van der Waals surface area contributed by atoms with E-state index >= 15 is 0 Å². The number of benzene rings is 1. The number of carbonyl (C=O) groups is 1. The van der Waals surface area contributed by atoms with Crippen molar-refractivity contribution in [1.29, 1.82) is 0 Å². The van der Waals surface area contributed by atoms with Gasteiger partial charge >= 0.3 is 5.97 Å². The molecular weight excluding hydrogens is 192 g/mol. The van der Waals surface area contributed by atoms with E-state index < -0.39 is 0 Å². The van der Waals surface area contributed by atoms with Gasteiger partial charge in [-0.15, -0.1) is 0 Å². The lowest BCUT2D eigenvalue weighted by Crippen LogP contribution is -2.07. The molecule has 0 saturated heterocycles. The summed E-state index contributed by atoms with van der Waals surface area (Å²) in [4.78, 5) is 21.2. The lowest BCUT2D eigenvalue weighted by atomic mass is 9.98. The standard InChI is InChI=1S/C12H13O3/c1-10(14)15-8-7-12(9-13)11-5-3-2-4-6-11/h2-6,12H,7-8H2,1H3. The summed E-state index contributed by atoms with van der Waals surface area (Å²) < 4.78 is 4.78. The topological polar surface area (TPSA) is 43.4 Å². The number of carbonyl (C=O) groups excluding carboxylic acids is 2. The fourth-order valence-corrected chi connectivity index (χ4v) is 1.30. The molecule has 0 fully saturated rings. The van der Waals surface area contributed by atoms with E-state index in [1.807, 2.05) is 36.6 Å². The summed E-state index contributed by atoms with van der Waals surface area (Å²) in [5, 5.41) is 0. The highest BCUT2D eigenvalue weighted by Gasteiger charge is 2.11. The third-order valence-electron chi connectivity index (χ3n) is 2.06. The van der Waals surface area contributed by atoms with Crippen LogP contribution in [0.15, 0.2) is 30.3 Å². The van der Waals surface area contributed by atoms with Gasteiger partial charge < -0.3 is 4.74 Å². The highest BCUT2D eigenvalue weighted by Crippen LogP contribution is 2.16. The largest absolute Gasteiger partial charge is 0.466 e. The molecule has 0 aromatic heterocycles. The molecule has 1 unspecified atom stereocenters. The summed E-state index contributed by atoms with van der Waals surface area (Å²) in [6.07, 6.45) is 2.43. The monoisotopic (exact) mass is 205 g/mol. The molecule has 1 aromatic rings. The van der Waals surface area contributed by atoms with Crippen molar-refractivity contribution in [1.82, 2.24) is 0 Å². The van der Waals surface area contributed by atoms with E-state index in [1.54, 1.807) is 0 Å². The van der Waals surface area contributed by atoms with Gasteiger partial charge in [-0.25, -0.2) is 0 Å². The molecule has 15 heavy (non-hydrogen) atoms. The van der Waals surface area contributed by atoms with E-state index in [0.717, 1.165) is 5.56 Å². The van der Waals surface area contributed by atoms with Crippen LogP contribution in [0.25, 0.3) is 0 Å². The lowest BCUT2D eigenvalue weighted by molar-refractivity contribution is -0.141. The zero-order valence-corrected chi connectivity index (χ0v) is 8.60. The molecule has 0 amide bonds. The van der Waals surface area contributed by atoms with E-state index in [1.165, 1.54) is 6.92 Å². The van der Waals surface area contributed by atoms with Gasteiger partial charge in [-0.2, -0.15) is 0 Å². The Hall–Kier alpha value is -1.64.